The van der Waals surface area contributed by atoms with Gasteiger partial charge in [-0.1, -0.05) is 41.4 Å². The van der Waals surface area contributed by atoms with E-state index in [0.717, 1.165) is 6.08 Å². The number of hydrogen-bond donors (Lipinski definition) is 0. The molecule has 7 heteroatoms. The van der Waals surface area contributed by atoms with Crippen LogP contribution < -0.4 is 4.74 Å². The number of ether oxygens (including phenoxy) is 2. The van der Waals surface area contributed by atoms with Crippen molar-refractivity contribution in [3.63, 3.8) is 0 Å². The number of benzene rings is 1. The Balaban J connectivity index is 2.64. The molecule has 0 atom stereocenters. The number of carbonyl (C=O) groups is 2. The molecule has 0 unspecified atom stereocenters. The van der Waals surface area contributed by atoms with Crippen LogP contribution in [0.3, 0.4) is 0 Å². The lowest BCUT2D eigenvalue weighted by Crippen LogP contribution is -2.17. The Bertz CT molecular complexity index is 499. The van der Waals surface area contributed by atoms with Gasteiger partial charge in [-0.05, 0) is 6.07 Å². The first-order chi connectivity index (χ1) is 8.43. The molecule has 0 saturated heterocycles. The summed E-state index contributed by atoms with van der Waals surface area (Å²) >= 11 is 17.3. The van der Waals surface area contributed by atoms with Crippen LogP contribution in [0, 0.1) is 0 Å². The second-order valence-electron chi connectivity index (χ2n) is 2.98. The van der Waals surface area contributed by atoms with Gasteiger partial charge in [0.15, 0.2) is 6.61 Å². The number of esters is 2. The highest BCUT2D eigenvalue weighted by Crippen LogP contribution is 2.33. The monoisotopic (exact) mass is 308 g/mol. The first-order valence-electron chi connectivity index (χ1n) is 4.58. The first kappa shape index (κ1) is 14.8. The molecule has 0 heterocycles. The van der Waals surface area contributed by atoms with Gasteiger partial charge in [-0.15, -0.1) is 0 Å². The van der Waals surface area contributed by atoms with E-state index < -0.39 is 18.5 Å². The largest absolute Gasteiger partial charge is 0.480 e. The summed E-state index contributed by atoms with van der Waals surface area (Å²) in [7, 11) is 0. The van der Waals surface area contributed by atoms with Gasteiger partial charge in [0, 0.05) is 12.1 Å². The minimum absolute atomic E-state index is 0.161. The van der Waals surface area contributed by atoms with Gasteiger partial charge in [0.1, 0.15) is 5.75 Å². The quantitative estimate of drug-likeness (QED) is 0.371. The zero-order chi connectivity index (χ0) is 13.7. The minimum Gasteiger partial charge on any atom is -0.480 e. The van der Waals surface area contributed by atoms with Crippen molar-refractivity contribution in [3.8, 4) is 5.75 Å². The predicted octanol–water partition coefficient (Wildman–Crippen LogP) is 3.28. The highest BCUT2D eigenvalue weighted by atomic mass is 35.5. The van der Waals surface area contributed by atoms with Crippen LogP contribution >= 0.6 is 34.8 Å². The lowest BCUT2D eigenvalue weighted by Gasteiger charge is -2.08. The van der Waals surface area contributed by atoms with E-state index in [1.54, 1.807) is 0 Å². The second-order valence-corrected chi connectivity index (χ2v) is 4.20. The summed E-state index contributed by atoms with van der Waals surface area (Å²) in [5, 5.41) is 0.678. The van der Waals surface area contributed by atoms with Crippen molar-refractivity contribution >= 4 is 46.7 Å². The van der Waals surface area contributed by atoms with E-state index in [-0.39, 0.29) is 20.8 Å². The zero-order valence-electron chi connectivity index (χ0n) is 8.91. The van der Waals surface area contributed by atoms with Gasteiger partial charge < -0.3 is 9.47 Å². The van der Waals surface area contributed by atoms with Crippen molar-refractivity contribution in [1.82, 2.24) is 0 Å². The van der Waals surface area contributed by atoms with Crippen LogP contribution in [0.5, 0.6) is 5.75 Å². The Labute approximate surface area is 118 Å². The van der Waals surface area contributed by atoms with Crippen LogP contribution in [-0.2, 0) is 14.3 Å². The maximum atomic E-state index is 11.1. The molecule has 1 aromatic rings. The van der Waals surface area contributed by atoms with Crippen molar-refractivity contribution in [1.29, 1.82) is 0 Å². The summed E-state index contributed by atoms with van der Waals surface area (Å²) in [5.41, 5.74) is 0. The molecule has 0 amide bonds. The number of halogens is 3. The van der Waals surface area contributed by atoms with Gasteiger partial charge in [0.05, 0.1) is 15.1 Å². The van der Waals surface area contributed by atoms with Crippen LogP contribution in [0.25, 0.3) is 0 Å². The Morgan fingerprint density at radius 1 is 1.17 bits per heavy atom. The second kappa shape index (κ2) is 6.64. The van der Waals surface area contributed by atoms with E-state index in [2.05, 4.69) is 11.3 Å². The molecule has 0 aliphatic rings. The molecule has 0 aliphatic heterocycles. The molecule has 0 radical (unpaired) electrons. The number of hydrogen-bond acceptors (Lipinski definition) is 4. The molecule has 0 saturated carbocycles. The lowest BCUT2D eigenvalue weighted by atomic mass is 10.3. The molecule has 1 aromatic carbocycles. The van der Waals surface area contributed by atoms with Crippen LogP contribution in [0.15, 0.2) is 24.8 Å². The molecule has 4 nitrogen and oxygen atoms in total. The van der Waals surface area contributed by atoms with Gasteiger partial charge in [-0.2, -0.15) is 0 Å². The Morgan fingerprint density at radius 2 is 1.78 bits per heavy atom. The standard InChI is InChI=1S/C11H7Cl3O4/c1-2-10(15)18-11(16)5-17-9-4-7(13)6(12)3-8(9)14/h2-4H,1,5H2. The topological polar surface area (TPSA) is 52.6 Å². The van der Waals surface area contributed by atoms with Crippen molar-refractivity contribution in [2.45, 2.75) is 0 Å². The molecule has 0 spiro atoms. The van der Waals surface area contributed by atoms with Crippen LogP contribution in [-0.4, -0.2) is 18.5 Å². The van der Waals surface area contributed by atoms with Gasteiger partial charge in [0.2, 0.25) is 0 Å². The molecule has 0 aromatic heterocycles. The average molecular weight is 310 g/mol. The maximum Gasteiger partial charge on any atom is 0.352 e. The summed E-state index contributed by atoms with van der Waals surface area (Å²) in [6.07, 6.45) is 0.865. The molecule has 18 heavy (non-hydrogen) atoms. The predicted molar refractivity (Wildman–Crippen MR) is 68.3 cm³/mol. The third kappa shape index (κ3) is 4.22. The highest BCUT2D eigenvalue weighted by molar-refractivity contribution is 6.43. The van der Waals surface area contributed by atoms with Gasteiger partial charge >= 0.3 is 11.9 Å². The summed E-state index contributed by atoms with van der Waals surface area (Å²) in [5.74, 6) is -1.57. The fraction of sp³-hybridized carbons (Fsp3) is 0.0909. The third-order valence-electron chi connectivity index (χ3n) is 1.70. The van der Waals surface area contributed by atoms with Crippen LogP contribution in [0.2, 0.25) is 15.1 Å². The number of rotatable bonds is 4. The van der Waals surface area contributed by atoms with Gasteiger partial charge in [-0.25, -0.2) is 9.59 Å². The van der Waals surface area contributed by atoms with Crippen molar-refractivity contribution in [3.05, 3.63) is 39.9 Å². The fourth-order valence-corrected chi connectivity index (χ4v) is 1.53. The van der Waals surface area contributed by atoms with E-state index >= 15 is 0 Å². The lowest BCUT2D eigenvalue weighted by molar-refractivity contribution is -0.157. The number of carbonyl (C=O) groups excluding carboxylic acids is 2. The van der Waals surface area contributed by atoms with E-state index in [1.165, 1.54) is 12.1 Å². The molecular weight excluding hydrogens is 302 g/mol. The van der Waals surface area contributed by atoms with Gasteiger partial charge in [-0.3, -0.25) is 0 Å². The minimum atomic E-state index is -0.873. The zero-order valence-corrected chi connectivity index (χ0v) is 11.2. The Morgan fingerprint density at radius 3 is 2.39 bits per heavy atom. The molecule has 0 aliphatic carbocycles. The van der Waals surface area contributed by atoms with Crippen molar-refractivity contribution in [2.75, 3.05) is 6.61 Å². The van der Waals surface area contributed by atoms with Gasteiger partial charge in [0.25, 0.3) is 0 Å². The summed E-state index contributed by atoms with van der Waals surface area (Å²) in [4.78, 5) is 21.8. The summed E-state index contributed by atoms with van der Waals surface area (Å²) < 4.78 is 9.34. The van der Waals surface area contributed by atoms with Crippen molar-refractivity contribution in [2.24, 2.45) is 0 Å². The van der Waals surface area contributed by atoms with E-state index in [0.29, 0.717) is 0 Å². The summed E-state index contributed by atoms with van der Waals surface area (Å²) in [6.45, 7) is 2.66. The Hall–Kier alpha value is -1.23. The average Bonchev–Trinajstić information content (AvgIpc) is 2.32. The van der Waals surface area contributed by atoms with E-state index in [1.807, 2.05) is 0 Å². The third-order valence-corrected chi connectivity index (χ3v) is 2.72. The molecule has 96 valence electrons. The van der Waals surface area contributed by atoms with Crippen molar-refractivity contribution < 1.29 is 19.1 Å². The van der Waals surface area contributed by atoms with E-state index in [4.69, 9.17) is 39.5 Å². The van der Waals surface area contributed by atoms with Crippen LogP contribution in [0.4, 0.5) is 0 Å². The van der Waals surface area contributed by atoms with Crippen LogP contribution in [0.1, 0.15) is 0 Å². The molecule has 0 N–H and O–H groups in total. The fourth-order valence-electron chi connectivity index (χ4n) is 0.935. The maximum absolute atomic E-state index is 11.1. The molecule has 0 fully saturated rings. The Kier molecular flexibility index (Phi) is 5.47. The smallest absolute Gasteiger partial charge is 0.352 e. The molecule has 1 rings (SSSR count). The molecule has 0 bridgehead atoms. The molecular formula is C11H7Cl3O4. The normalized spacial score (nSPS) is 9.72. The van der Waals surface area contributed by atoms with E-state index in [9.17, 15) is 9.59 Å². The SMILES string of the molecule is C=CC(=O)OC(=O)COc1cc(Cl)c(Cl)cc1Cl. The summed E-state index contributed by atoms with van der Waals surface area (Å²) in [6, 6.07) is 2.73. The first-order valence-corrected chi connectivity index (χ1v) is 5.72. The highest BCUT2D eigenvalue weighted by Gasteiger charge is 2.11.